The molecule has 3 nitrogen and oxygen atoms in total. The van der Waals surface area contributed by atoms with Crippen molar-refractivity contribution >= 4 is 34.2 Å². The summed E-state index contributed by atoms with van der Waals surface area (Å²) in [5.74, 6) is 0.800. The molecule has 1 saturated carbocycles. The number of anilines is 1. The Kier molecular flexibility index (Phi) is 4.84. The van der Waals surface area contributed by atoms with Crippen LogP contribution in [0.3, 0.4) is 0 Å². The summed E-state index contributed by atoms with van der Waals surface area (Å²) in [6.07, 6.45) is 4.00. The Morgan fingerprint density at radius 3 is 2.47 bits per heavy atom. The van der Waals surface area contributed by atoms with Gasteiger partial charge in [0.1, 0.15) is 0 Å². The summed E-state index contributed by atoms with van der Waals surface area (Å²) in [6.45, 7) is 2.69. The Labute approximate surface area is 128 Å². The Morgan fingerprint density at radius 1 is 1.37 bits per heavy atom. The molecule has 0 heterocycles. The molecule has 0 aliphatic heterocycles. The van der Waals surface area contributed by atoms with Gasteiger partial charge in [0.2, 0.25) is 5.91 Å². The molecule has 3 N–H and O–H groups in total. The Hall–Kier alpha value is -0.620. The van der Waals surface area contributed by atoms with Crippen LogP contribution in [0.25, 0.3) is 0 Å². The minimum atomic E-state index is -0.366. The van der Waals surface area contributed by atoms with E-state index in [1.807, 2.05) is 24.3 Å². The van der Waals surface area contributed by atoms with E-state index in [1.54, 1.807) is 0 Å². The Morgan fingerprint density at radius 2 is 1.95 bits per heavy atom. The smallest absolute Gasteiger partial charge is 0.231 e. The van der Waals surface area contributed by atoms with E-state index < -0.39 is 0 Å². The normalized spacial score (nSPS) is 27.0. The number of halogens is 1. The molecule has 0 bridgehead atoms. The lowest BCUT2D eigenvalue weighted by atomic mass is 9.70. The molecule has 104 valence electrons. The van der Waals surface area contributed by atoms with E-state index in [-0.39, 0.29) is 11.3 Å². The van der Waals surface area contributed by atoms with Crippen molar-refractivity contribution in [3.05, 3.63) is 27.8 Å². The highest BCUT2D eigenvalue weighted by atomic mass is 127. The van der Waals surface area contributed by atoms with Crippen LogP contribution in [0.15, 0.2) is 24.3 Å². The van der Waals surface area contributed by atoms with E-state index >= 15 is 0 Å². The van der Waals surface area contributed by atoms with Crippen molar-refractivity contribution in [1.29, 1.82) is 0 Å². The molecule has 0 unspecified atom stereocenters. The zero-order valence-corrected chi connectivity index (χ0v) is 13.4. The van der Waals surface area contributed by atoms with E-state index in [1.165, 1.54) is 0 Å². The first-order valence-corrected chi connectivity index (χ1v) is 7.91. The van der Waals surface area contributed by atoms with Crippen LogP contribution in [0.1, 0.15) is 32.6 Å². The number of rotatable bonds is 3. The first kappa shape index (κ1) is 14.8. The van der Waals surface area contributed by atoms with E-state index in [4.69, 9.17) is 5.73 Å². The molecule has 1 fully saturated rings. The van der Waals surface area contributed by atoms with Crippen molar-refractivity contribution in [2.45, 2.75) is 32.6 Å². The fourth-order valence-corrected chi connectivity index (χ4v) is 3.00. The molecule has 1 aromatic rings. The zero-order valence-electron chi connectivity index (χ0n) is 11.3. The summed E-state index contributed by atoms with van der Waals surface area (Å²) < 4.78 is 1.16. The Bertz CT molecular complexity index is 436. The highest BCUT2D eigenvalue weighted by Gasteiger charge is 2.39. The molecule has 0 aromatic heterocycles. The van der Waals surface area contributed by atoms with E-state index in [2.05, 4.69) is 34.8 Å². The molecular formula is C15H21IN2O. The highest BCUT2D eigenvalue weighted by Crippen LogP contribution is 2.39. The summed E-state index contributed by atoms with van der Waals surface area (Å²) in [6, 6.07) is 7.87. The van der Waals surface area contributed by atoms with Crippen LogP contribution in [0.2, 0.25) is 0 Å². The second-order valence-electron chi connectivity index (χ2n) is 5.63. The van der Waals surface area contributed by atoms with Crippen LogP contribution in [0.5, 0.6) is 0 Å². The molecule has 0 radical (unpaired) electrons. The molecule has 1 aliphatic carbocycles. The molecule has 0 atom stereocenters. The van der Waals surface area contributed by atoms with E-state index in [0.717, 1.165) is 34.9 Å². The summed E-state index contributed by atoms with van der Waals surface area (Å²) in [7, 11) is 0. The number of hydrogen-bond donors (Lipinski definition) is 2. The summed E-state index contributed by atoms with van der Waals surface area (Å²) in [4.78, 5) is 12.5. The second kappa shape index (κ2) is 6.22. The lowest BCUT2D eigenvalue weighted by molar-refractivity contribution is -0.127. The fourth-order valence-electron chi connectivity index (χ4n) is 2.64. The maximum Gasteiger partial charge on any atom is 0.231 e. The second-order valence-corrected chi connectivity index (χ2v) is 6.87. The predicted molar refractivity (Wildman–Crippen MR) is 86.9 cm³/mol. The van der Waals surface area contributed by atoms with Gasteiger partial charge < -0.3 is 11.1 Å². The molecule has 2 rings (SSSR count). The van der Waals surface area contributed by atoms with Crippen molar-refractivity contribution in [3.63, 3.8) is 0 Å². The van der Waals surface area contributed by atoms with Crippen LogP contribution in [-0.4, -0.2) is 12.5 Å². The van der Waals surface area contributed by atoms with Crippen LogP contribution in [0.4, 0.5) is 5.69 Å². The van der Waals surface area contributed by atoms with Crippen molar-refractivity contribution in [2.75, 3.05) is 11.9 Å². The monoisotopic (exact) mass is 372 g/mol. The summed E-state index contributed by atoms with van der Waals surface area (Å²) >= 11 is 2.25. The molecule has 0 saturated heterocycles. The van der Waals surface area contributed by atoms with Gasteiger partial charge in [0.05, 0.1) is 5.41 Å². The number of carbonyl (C=O) groups excluding carboxylic acids is 1. The minimum absolute atomic E-state index is 0.0862. The number of benzene rings is 1. The van der Waals surface area contributed by atoms with Gasteiger partial charge in [-0.1, -0.05) is 6.92 Å². The summed E-state index contributed by atoms with van der Waals surface area (Å²) in [5.41, 5.74) is 6.39. The van der Waals surface area contributed by atoms with Gasteiger partial charge in [0.15, 0.2) is 0 Å². The third-order valence-corrected chi connectivity index (χ3v) is 4.93. The van der Waals surface area contributed by atoms with Crippen molar-refractivity contribution in [1.82, 2.24) is 0 Å². The fraction of sp³-hybridized carbons (Fsp3) is 0.533. The minimum Gasteiger partial charge on any atom is -0.329 e. The number of nitrogens with two attached hydrogens (primary N) is 1. The van der Waals surface area contributed by atoms with Crippen molar-refractivity contribution < 1.29 is 4.79 Å². The van der Waals surface area contributed by atoms with Gasteiger partial charge in [-0.15, -0.1) is 0 Å². The van der Waals surface area contributed by atoms with Crippen LogP contribution in [-0.2, 0) is 4.79 Å². The standard InChI is InChI=1S/C15H21IN2O/c1-11-6-8-15(10-17,9-7-11)14(19)18-13-4-2-12(16)3-5-13/h2-5,11H,6-10,17H2,1H3,(H,18,19). The average Bonchev–Trinajstić information content (AvgIpc) is 2.42. The molecule has 0 spiro atoms. The third-order valence-electron chi connectivity index (χ3n) is 4.21. The third kappa shape index (κ3) is 3.48. The predicted octanol–water partition coefficient (Wildman–Crippen LogP) is 3.38. The summed E-state index contributed by atoms with van der Waals surface area (Å²) in [5, 5.41) is 3.02. The van der Waals surface area contributed by atoms with Gasteiger partial charge in [0.25, 0.3) is 0 Å². The molecule has 4 heteroatoms. The molecule has 19 heavy (non-hydrogen) atoms. The molecular weight excluding hydrogens is 351 g/mol. The Balaban J connectivity index is 2.06. The van der Waals surface area contributed by atoms with Gasteiger partial charge in [-0.05, 0) is 78.5 Å². The maximum absolute atomic E-state index is 12.5. The van der Waals surface area contributed by atoms with Gasteiger partial charge >= 0.3 is 0 Å². The first-order chi connectivity index (χ1) is 9.05. The first-order valence-electron chi connectivity index (χ1n) is 6.83. The molecule has 1 amide bonds. The lowest BCUT2D eigenvalue weighted by Crippen LogP contribution is -2.44. The number of hydrogen-bond acceptors (Lipinski definition) is 2. The van der Waals surface area contributed by atoms with Gasteiger partial charge in [-0.3, -0.25) is 4.79 Å². The molecule has 1 aliphatic rings. The number of nitrogens with one attached hydrogen (secondary N) is 1. The van der Waals surface area contributed by atoms with Crippen LogP contribution >= 0.6 is 22.6 Å². The quantitative estimate of drug-likeness (QED) is 0.800. The average molecular weight is 372 g/mol. The topological polar surface area (TPSA) is 55.1 Å². The van der Waals surface area contributed by atoms with E-state index in [0.29, 0.717) is 12.5 Å². The van der Waals surface area contributed by atoms with Crippen LogP contribution < -0.4 is 11.1 Å². The lowest BCUT2D eigenvalue weighted by Gasteiger charge is -2.37. The molecule has 1 aromatic carbocycles. The maximum atomic E-state index is 12.5. The zero-order chi connectivity index (χ0) is 13.9. The van der Waals surface area contributed by atoms with Gasteiger partial charge in [-0.25, -0.2) is 0 Å². The SMILES string of the molecule is CC1CCC(CN)(C(=O)Nc2ccc(I)cc2)CC1. The van der Waals surface area contributed by atoms with Gasteiger partial charge in [0, 0.05) is 15.8 Å². The van der Waals surface area contributed by atoms with Crippen LogP contribution in [0, 0.1) is 14.9 Å². The van der Waals surface area contributed by atoms with Crippen molar-refractivity contribution in [3.8, 4) is 0 Å². The highest BCUT2D eigenvalue weighted by molar-refractivity contribution is 14.1. The largest absolute Gasteiger partial charge is 0.329 e. The number of carbonyl (C=O) groups is 1. The van der Waals surface area contributed by atoms with Crippen molar-refractivity contribution in [2.24, 2.45) is 17.1 Å². The van der Waals surface area contributed by atoms with E-state index in [9.17, 15) is 4.79 Å². The number of amides is 1. The van der Waals surface area contributed by atoms with Gasteiger partial charge in [-0.2, -0.15) is 0 Å².